The minimum absolute atomic E-state index is 0.0577. The van der Waals surface area contributed by atoms with Crippen molar-refractivity contribution in [1.82, 2.24) is 0 Å². The van der Waals surface area contributed by atoms with E-state index in [0.717, 1.165) is 57.6 Å². The van der Waals surface area contributed by atoms with Crippen LogP contribution < -0.4 is 10.6 Å². The first kappa shape index (κ1) is 40.2. The Hall–Kier alpha value is -6.90. The second-order valence-electron chi connectivity index (χ2n) is 17.9. The monoisotopic (exact) mass is 818 g/mol. The summed E-state index contributed by atoms with van der Waals surface area (Å²) in [5, 5.41) is 4.63. The Balaban J connectivity index is 0.000000156. The number of allylic oxidation sites excluding steroid dienone is 15. The molecule has 2 unspecified atom stereocenters. The zero-order valence-corrected chi connectivity index (χ0v) is 37.0. The molecule has 7 aromatic rings. The molecule has 4 aliphatic carbocycles. The first-order valence-corrected chi connectivity index (χ1v) is 22.5. The fraction of sp³-hybridized carbons (Fsp3) is 0.180. The van der Waals surface area contributed by atoms with E-state index >= 15 is 0 Å². The van der Waals surface area contributed by atoms with Crippen molar-refractivity contribution in [1.29, 1.82) is 0 Å². The van der Waals surface area contributed by atoms with Gasteiger partial charge in [-0.3, -0.25) is 0 Å². The topological polar surface area (TPSA) is 26.3 Å². The second kappa shape index (κ2) is 16.4. The van der Waals surface area contributed by atoms with Crippen LogP contribution in [0.4, 0.5) is 0 Å². The van der Waals surface area contributed by atoms with Gasteiger partial charge in [0, 0.05) is 43.8 Å². The van der Waals surface area contributed by atoms with Gasteiger partial charge in [0.1, 0.15) is 22.2 Å². The average Bonchev–Trinajstić information content (AvgIpc) is 3.96. The van der Waals surface area contributed by atoms with E-state index in [4.69, 9.17) is 8.83 Å². The molecule has 0 spiro atoms. The number of para-hydroxylation sites is 3. The van der Waals surface area contributed by atoms with Crippen LogP contribution in [0.25, 0.3) is 78.5 Å². The van der Waals surface area contributed by atoms with Gasteiger partial charge in [-0.05, 0) is 120 Å². The molecule has 2 atom stereocenters. The summed E-state index contributed by atoms with van der Waals surface area (Å²) < 4.78 is 12.6. The van der Waals surface area contributed by atoms with Crippen LogP contribution in [0.2, 0.25) is 0 Å². The SMILES string of the molecule is C/C=C1/C=CC=CC1C1C=C(c2cccc3c2oc2ccccc23)C=CC1.C=C/C=c1/oc2c(-c3ccc4c(c3)C(C)(C)c3ccc(C5=CC=C(C)CC5)cc3-4)cccc2/c1=C/C. The van der Waals surface area contributed by atoms with E-state index in [9.17, 15) is 0 Å². The van der Waals surface area contributed by atoms with Gasteiger partial charge >= 0.3 is 0 Å². The van der Waals surface area contributed by atoms with Gasteiger partial charge in [0.15, 0.2) is 0 Å². The summed E-state index contributed by atoms with van der Waals surface area (Å²) in [6, 6.07) is 35.2. The third-order valence-corrected chi connectivity index (χ3v) is 13.8. The van der Waals surface area contributed by atoms with E-state index in [1.165, 1.54) is 72.0 Å². The second-order valence-corrected chi connectivity index (χ2v) is 17.9. The molecule has 0 saturated carbocycles. The summed E-state index contributed by atoms with van der Waals surface area (Å²) in [7, 11) is 0. The van der Waals surface area contributed by atoms with Crippen molar-refractivity contribution < 1.29 is 8.83 Å². The lowest BCUT2D eigenvalue weighted by Crippen LogP contribution is -2.18. The van der Waals surface area contributed by atoms with E-state index in [2.05, 4.69) is 193 Å². The average molecular weight is 819 g/mol. The molecular weight excluding hydrogens is 765 g/mol. The molecule has 0 radical (unpaired) electrons. The molecule has 0 N–H and O–H groups in total. The summed E-state index contributed by atoms with van der Waals surface area (Å²) in [6.07, 6.45) is 31.8. The van der Waals surface area contributed by atoms with Gasteiger partial charge < -0.3 is 8.83 Å². The highest BCUT2D eigenvalue weighted by molar-refractivity contribution is 6.08. The number of hydrogen-bond donors (Lipinski definition) is 0. The first-order valence-electron chi connectivity index (χ1n) is 22.5. The van der Waals surface area contributed by atoms with Crippen LogP contribution in [0.5, 0.6) is 0 Å². The summed E-state index contributed by atoms with van der Waals surface area (Å²) in [5.74, 6) is 0.909. The van der Waals surface area contributed by atoms with Crippen molar-refractivity contribution >= 4 is 56.2 Å². The molecule has 2 nitrogen and oxygen atoms in total. The Morgan fingerprint density at radius 1 is 0.683 bits per heavy atom. The maximum Gasteiger partial charge on any atom is 0.143 e. The van der Waals surface area contributed by atoms with Crippen molar-refractivity contribution in [3.05, 3.63) is 215 Å². The van der Waals surface area contributed by atoms with Gasteiger partial charge in [0.25, 0.3) is 0 Å². The molecule has 2 heteroatoms. The van der Waals surface area contributed by atoms with Gasteiger partial charge in [-0.25, -0.2) is 0 Å². The Morgan fingerprint density at radius 2 is 1.48 bits per heavy atom. The number of rotatable bonds is 5. The van der Waals surface area contributed by atoms with Crippen molar-refractivity contribution in [3.8, 4) is 22.3 Å². The zero-order valence-electron chi connectivity index (χ0n) is 37.0. The highest BCUT2D eigenvalue weighted by Crippen LogP contribution is 2.51. The minimum Gasteiger partial charge on any atom is -0.455 e. The predicted octanol–water partition coefficient (Wildman–Crippen LogP) is 15.5. The maximum atomic E-state index is 6.37. The number of furan rings is 2. The lowest BCUT2D eigenvalue weighted by Gasteiger charge is -2.27. The fourth-order valence-corrected chi connectivity index (χ4v) is 10.4. The van der Waals surface area contributed by atoms with Crippen molar-refractivity contribution in [3.63, 3.8) is 0 Å². The fourth-order valence-electron chi connectivity index (χ4n) is 10.4. The van der Waals surface area contributed by atoms with E-state index in [0.29, 0.717) is 11.8 Å². The van der Waals surface area contributed by atoms with Crippen LogP contribution in [0.1, 0.15) is 76.1 Å². The molecule has 2 heterocycles. The van der Waals surface area contributed by atoms with Crippen molar-refractivity contribution in [2.24, 2.45) is 11.8 Å². The molecule has 5 aromatic carbocycles. The standard InChI is InChI=1S/C35H32O.C26H22O/c1-6-9-33-26(7-2)29-11-8-10-27(34(29)36-33)25-16-18-28-30-20-24(23-14-12-22(3)13-15-23)17-19-31(30)35(4,5)32(28)21-25;1-2-18-9-3-4-12-21(18)19-10-7-11-20(17-19)22-14-8-15-24-23-13-5-6-16-25(23)27-26(22)24/h6-12,14,16-21H,1,13,15H2,2-5H3;2-9,11-17,19,21H,10H2,1H3/b26-7-,33-9+;18-2-. The molecule has 0 aliphatic heterocycles. The van der Waals surface area contributed by atoms with Gasteiger partial charge in [-0.2, -0.15) is 0 Å². The summed E-state index contributed by atoms with van der Waals surface area (Å²) >= 11 is 0. The molecule has 0 amide bonds. The molecule has 0 bridgehead atoms. The van der Waals surface area contributed by atoms with Crippen LogP contribution in [0, 0.1) is 11.8 Å². The molecule has 0 fully saturated rings. The Bertz CT molecular complexity index is 3340. The van der Waals surface area contributed by atoms with Crippen molar-refractivity contribution in [2.75, 3.05) is 0 Å². The van der Waals surface area contributed by atoms with Crippen LogP contribution in [0.15, 0.2) is 190 Å². The third kappa shape index (κ3) is 7.08. The number of fused-ring (bicyclic) bond motifs is 7. The highest BCUT2D eigenvalue weighted by atomic mass is 16.3. The summed E-state index contributed by atoms with van der Waals surface area (Å²) in [6.45, 7) is 15.0. The van der Waals surface area contributed by atoms with Crippen LogP contribution in [-0.4, -0.2) is 0 Å². The summed E-state index contributed by atoms with van der Waals surface area (Å²) in [4.78, 5) is 0. The third-order valence-electron chi connectivity index (χ3n) is 13.8. The Morgan fingerprint density at radius 3 is 2.29 bits per heavy atom. The van der Waals surface area contributed by atoms with E-state index < -0.39 is 0 Å². The zero-order chi connectivity index (χ0) is 43.2. The number of hydrogen-bond acceptors (Lipinski definition) is 2. The molecule has 2 aromatic heterocycles. The largest absolute Gasteiger partial charge is 0.455 e. The Labute approximate surface area is 371 Å². The van der Waals surface area contributed by atoms with Crippen molar-refractivity contribution in [2.45, 2.75) is 59.3 Å². The van der Waals surface area contributed by atoms with E-state index in [1.807, 2.05) is 18.2 Å². The van der Waals surface area contributed by atoms with Crippen LogP contribution >= 0.6 is 0 Å². The molecule has 11 rings (SSSR count). The maximum absolute atomic E-state index is 6.37. The Kier molecular flexibility index (Phi) is 10.5. The number of benzene rings is 5. The van der Waals surface area contributed by atoms with Gasteiger partial charge in [-0.1, -0.05) is 178 Å². The van der Waals surface area contributed by atoms with Crippen LogP contribution in [-0.2, 0) is 5.41 Å². The predicted molar refractivity (Wildman–Crippen MR) is 269 cm³/mol. The van der Waals surface area contributed by atoms with E-state index in [-0.39, 0.29) is 5.41 Å². The molecule has 63 heavy (non-hydrogen) atoms. The summed E-state index contributed by atoms with van der Waals surface area (Å²) in [5.41, 5.74) is 19.6. The van der Waals surface area contributed by atoms with Gasteiger partial charge in [0.05, 0.1) is 0 Å². The molecule has 310 valence electrons. The quantitative estimate of drug-likeness (QED) is 0.173. The lowest BCUT2D eigenvalue weighted by atomic mass is 9.78. The highest BCUT2D eigenvalue weighted by Gasteiger charge is 2.36. The molecule has 0 saturated heterocycles. The molecular formula is C61H54O2. The smallest absolute Gasteiger partial charge is 0.143 e. The van der Waals surface area contributed by atoms with Gasteiger partial charge in [-0.15, -0.1) is 0 Å². The minimum atomic E-state index is -0.0577. The first-order chi connectivity index (χ1) is 30.8. The van der Waals surface area contributed by atoms with E-state index in [1.54, 1.807) is 6.08 Å². The van der Waals surface area contributed by atoms with Gasteiger partial charge in [0.2, 0.25) is 0 Å². The molecule has 4 aliphatic rings. The normalized spacial score (nSPS) is 19.8. The van der Waals surface area contributed by atoms with Crippen LogP contribution in [0.3, 0.4) is 0 Å². The lowest BCUT2D eigenvalue weighted by molar-refractivity contribution is 0.543.